The van der Waals surface area contributed by atoms with Crippen molar-refractivity contribution in [2.24, 2.45) is 5.84 Å². The molecule has 0 radical (unpaired) electrons. The third kappa shape index (κ3) is 3.81. The predicted octanol–water partition coefficient (Wildman–Crippen LogP) is 1.18. The monoisotopic (exact) mass is 319 g/mol. The van der Waals surface area contributed by atoms with Crippen LogP contribution in [0.15, 0.2) is 29.2 Å². The maximum Gasteiger partial charge on any atom is 0.235 e. The molecule has 2 rings (SSSR count). The van der Waals surface area contributed by atoms with Crippen molar-refractivity contribution in [2.45, 2.75) is 26.8 Å². The van der Waals surface area contributed by atoms with Crippen LogP contribution in [0.5, 0.6) is 11.5 Å². The normalized spacial score (nSPS) is 10.6. The molecule has 0 aliphatic rings. The number of ether oxygens (including phenoxy) is 2. The first-order valence-corrected chi connectivity index (χ1v) is 7.53. The highest BCUT2D eigenvalue weighted by molar-refractivity contribution is 5.83. The van der Waals surface area contributed by atoms with Gasteiger partial charge >= 0.3 is 0 Å². The lowest BCUT2D eigenvalue weighted by molar-refractivity contribution is -0.121. The summed E-state index contributed by atoms with van der Waals surface area (Å²) in [5.74, 6) is 5.94. The van der Waals surface area contributed by atoms with Crippen molar-refractivity contribution in [1.29, 1.82) is 0 Å². The minimum atomic E-state index is -0.271. The standard InChI is InChI=1S/C16H21N3O4/c1-3-22-14-9-11-12(10-15(14)23-4-2)19(7-5-13(11)20)8-6-16(21)18-17/h5,7,9-10H,3-4,6,8,17H2,1-2H3,(H,18,21). The van der Waals surface area contributed by atoms with Crippen LogP contribution in [0.1, 0.15) is 20.3 Å². The van der Waals surface area contributed by atoms with E-state index in [-0.39, 0.29) is 17.8 Å². The van der Waals surface area contributed by atoms with E-state index in [2.05, 4.69) is 5.43 Å². The second kappa shape index (κ2) is 7.64. The van der Waals surface area contributed by atoms with E-state index >= 15 is 0 Å². The van der Waals surface area contributed by atoms with Gasteiger partial charge in [-0.2, -0.15) is 0 Å². The maximum atomic E-state index is 12.1. The number of rotatable bonds is 7. The van der Waals surface area contributed by atoms with Crippen LogP contribution in [0.3, 0.4) is 0 Å². The SMILES string of the molecule is CCOc1cc2c(=O)ccn(CCC(=O)NN)c2cc1OCC. The number of hydrazine groups is 1. The maximum absolute atomic E-state index is 12.1. The van der Waals surface area contributed by atoms with Crippen molar-refractivity contribution < 1.29 is 14.3 Å². The Hall–Kier alpha value is -2.54. The van der Waals surface area contributed by atoms with Gasteiger partial charge in [0.2, 0.25) is 5.91 Å². The number of amides is 1. The lowest BCUT2D eigenvalue weighted by atomic mass is 10.1. The highest BCUT2D eigenvalue weighted by atomic mass is 16.5. The third-order valence-electron chi connectivity index (χ3n) is 3.38. The fraction of sp³-hybridized carbons (Fsp3) is 0.375. The third-order valence-corrected chi connectivity index (χ3v) is 3.38. The van der Waals surface area contributed by atoms with E-state index in [1.807, 2.05) is 18.4 Å². The highest BCUT2D eigenvalue weighted by Gasteiger charge is 2.12. The van der Waals surface area contributed by atoms with E-state index in [1.165, 1.54) is 6.07 Å². The van der Waals surface area contributed by atoms with Crippen molar-refractivity contribution in [2.75, 3.05) is 13.2 Å². The first-order chi connectivity index (χ1) is 11.1. The van der Waals surface area contributed by atoms with Gasteiger partial charge in [-0.25, -0.2) is 5.84 Å². The molecule has 0 aliphatic heterocycles. The average Bonchev–Trinajstić information content (AvgIpc) is 2.55. The number of carbonyl (C=O) groups is 1. The summed E-state index contributed by atoms with van der Waals surface area (Å²) in [6, 6.07) is 4.93. The quantitative estimate of drug-likeness (QED) is 0.454. The molecule has 1 heterocycles. The van der Waals surface area contributed by atoms with E-state index in [9.17, 15) is 9.59 Å². The molecule has 1 amide bonds. The number of hydrogen-bond acceptors (Lipinski definition) is 5. The van der Waals surface area contributed by atoms with E-state index in [0.717, 1.165) is 0 Å². The van der Waals surface area contributed by atoms with Crippen LogP contribution < -0.4 is 26.2 Å². The lowest BCUT2D eigenvalue weighted by Crippen LogP contribution is -2.30. The summed E-state index contributed by atoms with van der Waals surface area (Å²) >= 11 is 0. The van der Waals surface area contributed by atoms with Gasteiger partial charge in [-0.05, 0) is 19.9 Å². The summed E-state index contributed by atoms with van der Waals surface area (Å²) in [6.45, 7) is 5.11. The number of aryl methyl sites for hydroxylation is 1. The first kappa shape index (κ1) is 16.8. The Morgan fingerprint density at radius 3 is 2.48 bits per heavy atom. The Balaban J connectivity index is 2.53. The number of nitrogens with two attached hydrogens (primary N) is 1. The summed E-state index contributed by atoms with van der Waals surface area (Å²) in [5.41, 5.74) is 2.67. The summed E-state index contributed by atoms with van der Waals surface area (Å²) in [5, 5.41) is 0.521. The smallest absolute Gasteiger partial charge is 0.235 e. The zero-order valence-electron chi connectivity index (χ0n) is 13.3. The number of fused-ring (bicyclic) bond motifs is 1. The fourth-order valence-corrected chi connectivity index (χ4v) is 2.34. The van der Waals surface area contributed by atoms with E-state index in [0.29, 0.717) is 42.2 Å². The molecule has 124 valence electrons. The molecule has 0 spiro atoms. The van der Waals surface area contributed by atoms with Crippen LogP contribution in [0.25, 0.3) is 10.9 Å². The molecule has 1 aromatic heterocycles. The molecule has 0 unspecified atom stereocenters. The average molecular weight is 319 g/mol. The highest BCUT2D eigenvalue weighted by Crippen LogP contribution is 2.31. The largest absolute Gasteiger partial charge is 0.490 e. The molecule has 0 atom stereocenters. The molecule has 3 N–H and O–H groups in total. The van der Waals surface area contributed by atoms with Gasteiger partial charge in [-0.3, -0.25) is 15.0 Å². The van der Waals surface area contributed by atoms with Crippen LogP contribution in [0.2, 0.25) is 0 Å². The Labute approximate surface area is 134 Å². The second-order valence-corrected chi connectivity index (χ2v) is 4.87. The molecule has 2 aromatic rings. The van der Waals surface area contributed by atoms with Gasteiger partial charge in [0.25, 0.3) is 0 Å². The fourth-order valence-electron chi connectivity index (χ4n) is 2.34. The van der Waals surface area contributed by atoms with E-state index in [1.54, 1.807) is 18.3 Å². The molecule has 23 heavy (non-hydrogen) atoms. The number of carbonyl (C=O) groups excluding carboxylic acids is 1. The number of hydrogen-bond donors (Lipinski definition) is 2. The Kier molecular flexibility index (Phi) is 5.59. The molecule has 7 heteroatoms. The predicted molar refractivity (Wildman–Crippen MR) is 87.5 cm³/mol. The number of nitrogens with one attached hydrogen (secondary N) is 1. The van der Waals surface area contributed by atoms with Gasteiger partial charge in [0.1, 0.15) is 0 Å². The summed E-state index contributed by atoms with van der Waals surface area (Å²) in [6.07, 6.45) is 1.87. The van der Waals surface area contributed by atoms with Crippen molar-refractivity contribution in [3.8, 4) is 11.5 Å². The Morgan fingerprint density at radius 2 is 1.87 bits per heavy atom. The lowest BCUT2D eigenvalue weighted by Gasteiger charge is -2.15. The number of nitrogens with zero attached hydrogens (tertiary/aromatic N) is 1. The van der Waals surface area contributed by atoms with Gasteiger partial charge in [-0.15, -0.1) is 0 Å². The molecule has 0 fully saturated rings. The van der Waals surface area contributed by atoms with Crippen molar-refractivity contribution in [3.63, 3.8) is 0 Å². The van der Waals surface area contributed by atoms with E-state index in [4.69, 9.17) is 15.3 Å². The van der Waals surface area contributed by atoms with Crippen LogP contribution in [0.4, 0.5) is 0 Å². The minimum absolute atomic E-state index is 0.108. The topological polar surface area (TPSA) is 95.6 Å². The van der Waals surface area contributed by atoms with Crippen LogP contribution in [-0.2, 0) is 11.3 Å². The summed E-state index contributed by atoms with van der Waals surface area (Å²) < 4.78 is 13.0. The van der Waals surface area contributed by atoms with Gasteiger partial charge in [0, 0.05) is 36.7 Å². The zero-order valence-corrected chi connectivity index (χ0v) is 13.3. The minimum Gasteiger partial charge on any atom is -0.490 e. The summed E-state index contributed by atoms with van der Waals surface area (Å²) in [7, 11) is 0. The first-order valence-electron chi connectivity index (χ1n) is 7.53. The van der Waals surface area contributed by atoms with Crippen LogP contribution in [0, 0.1) is 0 Å². The van der Waals surface area contributed by atoms with Gasteiger partial charge < -0.3 is 14.0 Å². The zero-order chi connectivity index (χ0) is 16.8. The number of pyridine rings is 1. The van der Waals surface area contributed by atoms with Gasteiger partial charge in [-0.1, -0.05) is 0 Å². The van der Waals surface area contributed by atoms with Crippen molar-refractivity contribution in [1.82, 2.24) is 9.99 Å². The van der Waals surface area contributed by atoms with Crippen molar-refractivity contribution in [3.05, 3.63) is 34.6 Å². The van der Waals surface area contributed by atoms with Gasteiger partial charge in [0.05, 0.1) is 18.7 Å². The summed E-state index contributed by atoms with van der Waals surface area (Å²) in [4.78, 5) is 23.5. The molecule has 0 aliphatic carbocycles. The second-order valence-electron chi connectivity index (χ2n) is 4.87. The molecular formula is C16H21N3O4. The van der Waals surface area contributed by atoms with E-state index < -0.39 is 0 Å². The molecule has 7 nitrogen and oxygen atoms in total. The molecule has 0 saturated heterocycles. The Morgan fingerprint density at radius 1 is 1.22 bits per heavy atom. The number of benzene rings is 1. The van der Waals surface area contributed by atoms with Crippen molar-refractivity contribution >= 4 is 16.8 Å². The van der Waals surface area contributed by atoms with Gasteiger partial charge in [0.15, 0.2) is 16.9 Å². The van der Waals surface area contributed by atoms with Crippen LogP contribution in [-0.4, -0.2) is 23.7 Å². The molecule has 0 bridgehead atoms. The molecule has 0 saturated carbocycles. The van der Waals surface area contributed by atoms with Crippen LogP contribution >= 0.6 is 0 Å². The molecular weight excluding hydrogens is 298 g/mol. The number of aromatic nitrogens is 1. The molecule has 1 aromatic carbocycles. The Bertz CT molecular complexity index is 755.